The van der Waals surface area contributed by atoms with E-state index in [2.05, 4.69) is 17.1 Å². The molecule has 2 N–H and O–H groups in total. The Morgan fingerprint density at radius 2 is 2.29 bits per heavy atom. The molecule has 1 aromatic heterocycles. The molecule has 1 aliphatic carbocycles. The van der Waals surface area contributed by atoms with Gasteiger partial charge >= 0.3 is 0 Å². The molecule has 1 aliphatic rings. The maximum atomic E-state index is 5.89. The monoisotopic (exact) mass is 211 g/mol. The lowest BCUT2D eigenvalue weighted by molar-refractivity contribution is 0.313. The van der Waals surface area contributed by atoms with E-state index < -0.39 is 0 Å². The molecular formula is C10H17N3S. The molecule has 0 bridgehead atoms. The molecule has 1 unspecified atom stereocenters. The summed E-state index contributed by atoms with van der Waals surface area (Å²) >= 11 is 1.70. The average Bonchev–Trinajstić information content (AvgIpc) is 2.58. The lowest BCUT2D eigenvalue weighted by atomic mass is 9.83. The summed E-state index contributed by atoms with van der Waals surface area (Å²) in [5.41, 5.74) is 5.89. The lowest BCUT2D eigenvalue weighted by Crippen LogP contribution is -2.13. The van der Waals surface area contributed by atoms with E-state index in [0.29, 0.717) is 0 Å². The minimum atomic E-state index is 0.0858. The number of hydrogen-bond donors (Lipinski definition) is 1. The minimum Gasteiger partial charge on any atom is -0.322 e. The van der Waals surface area contributed by atoms with Crippen LogP contribution >= 0.6 is 11.3 Å². The van der Waals surface area contributed by atoms with Gasteiger partial charge in [0.2, 0.25) is 0 Å². The highest BCUT2D eigenvalue weighted by Gasteiger charge is 2.20. The highest BCUT2D eigenvalue weighted by atomic mass is 32.1. The van der Waals surface area contributed by atoms with Gasteiger partial charge in [-0.15, -0.1) is 10.2 Å². The largest absolute Gasteiger partial charge is 0.322 e. The van der Waals surface area contributed by atoms with Crippen molar-refractivity contribution in [2.45, 2.75) is 45.1 Å². The normalized spacial score (nSPS) is 19.3. The van der Waals surface area contributed by atoms with Crippen LogP contribution in [0, 0.1) is 5.92 Å². The number of aromatic nitrogens is 2. The van der Waals surface area contributed by atoms with Gasteiger partial charge in [-0.3, -0.25) is 0 Å². The van der Waals surface area contributed by atoms with Gasteiger partial charge in [0.25, 0.3) is 0 Å². The Hall–Kier alpha value is -0.480. The first-order chi connectivity index (χ1) is 6.79. The Morgan fingerprint density at radius 3 is 2.86 bits per heavy atom. The number of nitrogens with zero attached hydrogens (tertiary/aromatic N) is 2. The molecule has 4 heteroatoms. The van der Waals surface area contributed by atoms with Gasteiger partial charge < -0.3 is 5.73 Å². The topological polar surface area (TPSA) is 51.8 Å². The Bertz CT molecular complexity index is 293. The molecule has 0 aromatic carbocycles. The van der Waals surface area contributed by atoms with Crippen molar-refractivity contribution in [3.63, 3.8) is 0 Å². The van der Waals surface area contributed by atoms with Crippen LogP contribution in [0.25, 0.3) is 0 Å². The van der Waals surface area contributed by atoms with E-state index in [4.69, 9.17) is 5.73 Å². The molecule has 0 radical (unpaired) electrons. The molecule has 3 nitrogen and oxygen atoms in total. The predicted molar refractivity (Wildman–Crippen MR) is 58.2 cm³/mol. The summed E-state index contributed by atoms with van der Waals surface area (Å²) in [7, 11) is 0. The molecule has 0 amide bonds. The Kier molecular flexibility index (Phi) is 3.13. The van der Waals surface area contributed by atoms with Crippen molar-refractivity contribution in [2.24, 2.45) is 11.7 Å². The van der Waals surface area contributed by atoms with Crippen LogP contribution in [0.4, 0.5) is 0 Å². The summed E-state index contributed by atoms with van der Waals surface area (Å²) in [5.74, 6) is 0.869. The third-order valence-corrected chi connectivity index (χ3v) is 4.01. The fourth-order valence-corrected chi connectivity index (χ4v) is 2.66. The number of rotatable bonds is 4. The lowest BCUT2D eigenvalue weighted by Gasteiger charge is -2.23. The van der Waals surface area contributed by atoms with Crippen molar-refractivity contribution >= 4 is 11.3 Å². The van der Waals surface area contributed by atoms with Crippen molar-refractivity contribution < 1.29 is 0 Å². The highest BCUT2D eigenvalue weighted by molar-refractivity contribution is 7.11. The average molecular weight is 211 g/mol. The van der Waals surface area contributed by atoms with E-state index in [1.54, 1.807) is 11.3 Å². The molecule has 0 aliphatic heterocycles. The van der Waals surface area contributed by atoms with Crippen LogP contribution in [0.3, 0.4) is 0 Å². The summed E-state index contributed by atoms with van der Waals surface area (Å²) in [5, 5.41) is 10.5. The molecule has 1 fully saturated rings. The Morgan fingerprint density at radius 1 is 1.50 bits per heavy atom. The molecule has 0 saturated heterocycles. The fourth-order valence-electron chi connectivity index (χ4n) is 1.62. The van der Waals surface area contributed by atoms with E-state index >= 15 is 0 Å². The van der Waals surface area contributed by atoms with E-state index in [-0.39, 0.29) is 6.04 Å². The third kappa shape index (κ3) is 2.12. The van der Waals surface area contributed by atoms with Gasteiger partial charge in [0.1, 0.15) is 10.0 Å². The molecule has 0 spiro atoms. The van der Waals surface area contributed by atoms with E-state index in [1.165, 1.54) is 24.3 Å². The molecule has 1 heterocycles. The van der Waals surface area contributed by atoms with E-state index in [0.717, 1.165) is 23.8 Å². The van der Waals surface area contributed by atoms with Crippen molar-refractivity contribution in [1.82, 2.24) is 10.2 Å². The van der Waals surface area contributed by atoms with E-state index in [9.17, 15) is 0 Å². The predicted octanol–water partition coefficient (Wildman–Crippen LogP) is 2.29. The second-order valence-corrected chi connectivity index (χ2v) is 5.14. The second kappa shape index (κ2) is 4.36. The van der Waals surface area contributed by atoms with Gasteiger partial charge in [0, 0.05) is 6.42 Å². The first-order valence-corrected chi connectivity index (χ1v) is 6.19. The van der Waals surface area contributed by atoms with Crippen LogP contribution in [0.1, 0.15) is 48.7 Å². The molecule has 14 heavy (non-hydrogen) atoms. The quantitative estimate of drug-likeness (QED) is 0.831. The van der Waals surface area contributed by atoms with Crippen LogP contribution in [0.15, 0.2) is 0 Å². The first kappa shape index (κ1) is 10.1. The van der Waals surface area contributed by atoms with Crippen molar-refractivity contribution in [3.05, 3.63) is 10.0 Å². The fraction of sp³-hybridized carbons (Fsp3) is 0.800. The molecular weight excluding hydrogens is 194 g/mol. The number of nitrogens with two attached hydrogens (primary N) is 1. The minimum absolute atomic E-state index is 0.0858. The zero-order valence-corrected chi connectivity index (χ0v) is 9.39. The van der Waals surface area contributed by atoms with Crippen LogP contribution in [0.5, 0.6) is 0 Å². The number of hydrogen-bond acceptors (Lipinski definition) is 4. The molecule has 78 valence electrons. The molecule has 1 atom stereocenters. The summed E-state index contributed by atoms with van der Waals surface area (Å²) in [4.78, 5) is 0. The second-order valence-electron chi connectivity index (χ2n) is 4.05. The van der Waals surface area contributed by atoms with Crippen LogP contribution < -0.4 is 5.73 Å². The summed E-state index contributed by atoms with van der Waals surface area (Å²) < 4.78 is 0. The van der Waals surface area contributed by atoms with Crippen LogP contribution in [0.2, 0.25) is 0 Å². The highest BCUT2D eigenvalue weighted by Crippen LogP contribution is 2.31. The van der Waals surface area contributed by atoms with Gasteiger partial charge in [-0.1, -0.05) is 37.5 Å². The summed E-state index contributed by atoms with van der Waals surface area (Å²) in [6.07, 6.45) is 6.19. The van der Waals surface area contributed by atoms with Crippen LogP contribution in [-0.2, 0) is 6.42 Å². The third-order valence-electron chi connectivity index (χ3n) is 2.93. The first-order valence-electron chi connectivity index (χ1n) is 5.37. The Labute approximate surface area is 88.7 Å². The van der Waals surface area contributed by atoms with Crippen molar-refractivity contribution in [3.8, 4) is 0 Å². The van der Waals surface area contributed by atoms with Crippen molar-refractivity contribution in [1.29, 1.82) is 0 Å². The molecule has 1 saturated carbocycles. The van der Waals surface area contributed by atoms with Crippen molar-refractivity contribution in [2.75, 3.05) is 0 Å². The smallest absolute Gasteiger partial charge is 0.134 e. The zero-order chi connectivity index (χ0) is 9.97. The van der Waals surface area contributed by atoms with Gasteiger partial charge in [-0.05, 0) is 12.3 Å². The standard InChI is InChI=1S/C10H17N3S/c1-2-8(11)10-13-12-9(14-10)6-7-4-3-5-7/h7-8H,2-6,11H2,1H3. The maximum Gasteiger partial charge on any atom is 0.134 e. The van der Waals surface area contributed by atoms with Gasteiger partial charge in [0.15, 0.2) is 0 Å². The zero-order valence-electron chi connectivity index (χ0n) is 8.57. The molecule has 1 aromatic rings. The van der Waals surface area contributed by atoms with Gasteiger partial charge in [0.05, 0.1) is 6.04 Å². The van der Waals surface area contributed by atoms with Gasteiger partial charge in [-0.2, -0.15) is 0 Å². The van der Waals surface area contributed by atoms with Gasteiger partial charge in [-0.25, -0.2) is 0 Å². The SMILES string of the molecule is CCC(N)c1nnc(CC2CCC2)s1. The maximum absolute atomic E-state index is 5.89. The molecule has 2 rings (SSSR count). The van der Waals surface area contributed by atoms with Crippen LogP contribution in [-0.4, -0.2) is 10.2 Å². The van der Waals surface area contributed by atoms with E-state index in [1.807, 2.05) is 0 Å². The summed E-state index contributed by atoms with van der Waals surface area (Å²) in [6.45, 7) is 2.08. The Balaban J connectivity index is 1.94. The summed E-state index contributed by atoms with van der Waals surface area (Å²) in [6, 6.07) is 0.0858.